The Hall–Kier alpha value is -3.07. The third-order valence-corrected chi connectivity index (χ3v) is 5.28. The first-order valence-electron chi connectivity index (χ1n) is 11.3. The van der Waals surface area contributed by atoms with Crippen molar-refractivity contribution in [3.8, 4) is 22.6 Å². The van der Waals surface area contributed by atoms with Crippen molar-refractivity contribution >= 4 is 5.97 Å². The highest BCUT2D eigenvalue weighted by Crippen LogP contribution is 2.24. The van der Waals surface area contributed by atoms with Crippen molar-refractivity contribution in [2.75, 3.05) is 6.61 Å². The molecule has 0 radical (unpaired) electrons. The number of aryl methyl sites for hydroxylation is 1. The van der Waals surface area contributed by atoms with Gasteiger partial charge in [0.1, 0.15) is 11.5 Å². The van der Waals surface area contributed by atoms with Crippen LogP contribution in [0, 0.1) is 0 Å². The predicted molar refractivity (Wildman–Crippen MR) is 127 cm³/mol. The second-order valence-electron chi connectivity index (χ2n) is 7.79. The lowest BCUT2D eigenvalue weighted by atomic mass is 10.0. The van der Waals surface area contributed by atoms with Crippen molar-refractivity contribution < 1.29 is 14.3 Å². The van der Waals surface area contributed by atoms with Gasteiger partial charge < -0.3 is 9.47 Å². The first-order valence-corrected chi connectivity index (χ1v) is 11.3. The van der Waals surface area contributed by atoms with Gasteiger partial charge in [0.15, 0.2) is 0 Å². The van der Waals surface area contributed by atoms with E-state index < -0.39 is 0 Å². The minimum absolute atomic E-state index is 0.344. The van der Waals surface area contributed by atoms with Crippen LogP contribution in [0.5, 0.6) is 11.5 Å². The quantitative estimate of drug-likeness (QED) is 0.185. The van der Waals surface area contributed by atoms with E-state index in [0.717, 1.165) is 36.3 Å². The van der Waals surface area contributed by atoms with Gasteiger partial charge in [0, 0.05) is 0 Å². The molecule has 0 N–H and O–H groups in total. The normalized spacial score (nSPS) is 10.6. The number of hydrogen-bond acceptors (Lipinski definition) is 3. The molecule has 0 aliphatic carbocycles. The Bertz CT molecular complexity index is 926. The van der Waals surface area contributed by atoms with Gasteiger partial charge in [0.25, 0.3) is 0 Å². The summed E-state index contributed by atoms with van der Waals surface area (Å²) in [5, 5.41) is 0. The van der Waals surface area contributed by atoms with Crippen molar-refractivity contribution in [3.63, 3.8) is 0 Å². The second-order valence-corrected chi connectivity index (χ2v) is 7.79. The highest BCUT2D eigenvalue weighted by atomic mass is 16.5. The molecule has 0 atom stereocenters. The maximum atomic E-state index is 12.5. The predicted octanol–water partition coefficient (Wildman–Crippen LogP) is 7.48. The zero-order chi connectivity index (χ0) is 21.9. The maximum absolute atomic E-state index is 12.5. The summed E-state index contributed by atoms with van der Waals surface area (Å²) >= 11 is 0. The first kappa shape index (κ1) is 22.6. The molecule has 0 saturated carbocycles. The Balaban J connectivity index is 1.56. The van der Waals surface area contributed by atoms with Crippen LogP contribution >= 0.6 is 0 Å². The average molecular weight is 417 g/mol. The lowest BCUT2D eigenvalue weighted by molar-refractivity contribution is 0.0734. The van der Waals surface area contributed by atoms with Crippen LogP contribution in [0.2, 0.25) is 0 Å². The molecule has 0 aromatic heterocycles. The third kappa shape index (κ3) is 6.99. The summed E-state index contributed by atoms with van der Waals surface area (Å²) in [5.74, 6) is 1.12. The fourth-order valence-corrected chi connectivity index (χ4v) is 3.36. The molecule has 31 heavy (non-hydrogen) atoms. The second kappa shape index (κ2) is 11.9. The minimum atomic E-state index is -0.344. The Labute approximate surface area is 186 Å². The number of esters is 1. The van der Waals surface area contributed by atoms with Crippen molar-refractivity contribution in [3.05, 3.63) is 83.9 Å². The first-order chi connectivity index (χ1) is 15.2. The van der Waals surface area contributed by atoms with E-state index in [2.05, 4.69) is 13.8 Å². The fourth-order valence-electron chi connectivity index (χ4n) is 3.36. The zero-order valence-corrected chi connectivity index (χ0v) is 18.6. The van der Waals surface area contributed by atoms with Crippen molar-refractivity contribution in [1.29, 1.82) is 0 Å². The number of unbranched alkanes of at least 4 members (excludes halogenated alkanes) is 3. The van der Waals surface area contributed by atoms with Gasteiger partial charge in [0.05, 0.1) is 12.2 Å². The van der Waals surface area contributed by atoms with Crippen molar-refractivity contribution in [2.45, 2.75) is 52.4 Å². The maximum Gasteiger partial charge on any atom is 0.343 e. The summed E-state index contributed by atoms with van der Waals surface area (Å²) in [6, 6.07) is 23.4. The van der Waals surface area contributed by atoms with E-state index in [4.69, 9.17) is 9.47 Å². The Morgan fingerprint density at radius 3 is 1.87 bits per heavy atom. The smallest absolute Gasteiger partial charge is 0.343 e. The number of benzene rings is 3. The average Bonchev–Trinajstić information content (AvgIpc) is 2.82. The van der Waals surface area contributed by atoms with Crippen molar-refractivity contribution in [2.24, 2.45) is 0 Å². The van der Waals surface area contributed by atoms with Crippen LogP contribution in [0.1, 0.15) is 61.9 Å². The number of hydrogen-bond donors (Lipinski definition) is 0. The minimum Gasteiger partial charge on any atom is -0.494 e. The van der Waals surface area contributed by atoms with Gasteiger partial charge in [-0.25, -0.2) is 4.79 Å². The molecule has 0 amide bonds. The van der Waals surface area contributed by atoms with E-state index in [1.807, 2.05) is 72.8 Å². The number of ether oxygens (including phenoxy) is 2. The van der Waals surface area contributed by atoms with E-state index in [0.29, 0.717) is 11.3 Å². The summed E-state index contributed by atoms with van der Waals surface area (Å²) in [4.78, 5) is 12.5. The molecule has 3 rings (SSSR count). The molecule has 0 aliphatic heterocycles. The van der Waals surface area contributed by atoms with E-state index in [1.54, 1.807) is 0 Å². The number of rotatable bonds is 11. The van der Waals surface area contributed by atoms with Crippen LogP contribution in [-0.4, -0.2) is 12.6 Å². The van der Waals surface area contributed by atoms with Gasteiger partial charge in [-0.05, 0) is 72.4 Å². The molecular formula is C28H32O3. The Morgan fingerprint density at radius 2 is 1.26 bits per heavy atom. The largest absolute Gasteiger partial charge is 0.494 e. The van der Waals surface area contributed by atoms with Gasteiger partial charge in [-0.3, -0.25) is 0 Å². The molecule has 0 aliphatic rings. The summed E-state index contributed by atoms with van der Waals surface area (Å²) in [6.45, 7) is 5.12. The summed E-state index contributed by atoms with van der Waals surface area (Å²) in [7, 11) is 0. The van der Waals surface area contributed by atoms with Crippen molar-refractivity contribution in [1.82, 2.24) is 0 Å². The highest BCUT2D eigenvalue weighted by molar-refractivity contribution is 5.91. The van der Waals surface area contributed by atoms with E-state index in [-0.39, 0.29) is 5.97 Å². The molecule has 0 unspecified atom stereocenters. The summed E-state index contributed by atoms with van der Waals surface area (Å²) < 4.78 is 11.3. The lowest BCUT2D eigenvalue weighted by Crippen LogP contribution is -2.08. The van der Waals surface area contributed by atoms with Crippen LogP contribution < -0.4 is 9.47 Å². The van der Waals surface area contributed by atoms with Crippen LogP contribution in [-0.2, 0) is 6.42 Å². The van der Waals surface area contributed by atoms with Gasteiger partial charge in [-0.15, -0.1) is 0 Å². The lowest BCUT2D eigenvalue weighted by Gasteiger charge is -2.08. The molecule has 0 heterocycles. The topological polar surface area (TPSA) is 35.5 Å². The van der Waals surface area contributed by atoms with E-state index >= 15 is 0 Å². The van der Waals surface area contributed by atoms with Crippen LogP contribution in [0.15, 0.2) is 72.8 Å². The summed E-state index contributed by atoms with van der Waals surface area (Å²) in [5.41, 5.74) is 3.94. The van der Waals surface area contributed by atoms with E-state index in [9.17, 15) is 4.79 Å². The monoisotopic (exact) mass is 416 g/mol. The van der Waals surface area contributed by atoms with Crippen LogP contribution in [0.25, 0.3) is 11.1 Å². The van der Waals surface area contributed by atoms with Gasteiger partial charge in [-0.2, -0.15) is 0 Å². The Morgan fingerprint density at radius 1 is 0.677 bits per heavy atom. The molecule has 0 saturated heterocycles. The SMILES string of the molecule is CCCCCOc1ccc(-c2ccc(C(=O)Oc3ccc(CCCC)cc3)cc2)cc1. The van der Waals surface area contributed by atoms with Gasteiger partial charge >= 0.3 is 5.97 Å². The molecular weight excluding hydrogens is 384 g/mol. The Kier molecular flexibility index (Phi) is 8.71. The number of carbonyl (C=O) groups excluding carboxylic acids is 1. The van der Waals surface area contributed by atoms with E-state index in [1.165, 1.54) is 31.2 Å². The molecule has 162 valence electrons. The number of carbonyl (C=O) groups is 1. The molecule has 3 nitrogen and oxygen atoms in total. The molecule has 0 spiro atoms. The van der Waals surface area contributed by atoms with Crippen LogP contribution in [0.4, 0.5) is 0 Å². The van der Waals surface area contributed by atoms with Gasteiger partial charge in [0.2, 0.25) is 0 Å². The van der Waals surface area contributed by atoms with Crippen LogP contribution in [0.3, 0.4) is 0 Å². The molecule has 3 heteroatoms. The third-order valence-electron chi connectivity index (χ3n) is 5.28. The standard InChI is InChI=1S/C28H32O3/c1-3-5-7-21-30-26-19-15-24(16-20-26)23-11-13-25(14-12-23)28(29)31-27-17-9-22(10-18-27)8-6-4-2/h9-20H,3-8,21H2,1-2H3. The molecule has 0 fully saturated rings. The van der Waals surface area contributed by atoms with Gasteiger partial charge in [-0.1, -0.05) is 69.5 Å². The molecule has 3 aromatic rings. The summed E-state index contributed by atoms with van der Waals surface area (Å²) in [6.07, 6.45) is 6.86. The molecule has 0 bridgehead atoms. The zero-order valence-electron chi connectivity index (χ0n) is 18.6. The molecule has 3 aromatic carbocycles. The highest BCUT2D eigenvalue weighted by Gasteiger charge is 2.09. The fraction of sp³-hybridized carbons (Fsp3) is 0.321.